The van der Waals surface area contributed by atoms with Gasteiger partial charge in [0.2, 0.25) is 0 Å². The highest BCUT2D eigenvalue weighted by molar-refractivity contribution is 5.90. The van der Waals surface area contributed by atoms with E-state index in [4.69, 9.17) is 9.47 Å². The first-order valence-electron chi connectivity index (χ1n) is 5.52. The molecule has 0 unspecified atom stereocenters. The van der Waals surface area contributed by atoms with Gasteiger partial charge in [-0.15, -0.1) is 0 Å². The standard InChI is InChI=1S/C11H15NO4/c1-2-15-11(14)8-4-3-5-12-6-10(13)16-7-9(8)12/h2-7H2,1H3. The SMILES string of the molecule is CCOC(=O)C1=C2COC(=O)CN2CCC1. The number of fused-ring (bicyclic) bond motifs is 1. The lowest BCUT2D eigenvalue weighted by atomic mass is 10.0. The molecule has 0 aromatic heterocycles. The summed E-state index contributed by atoms with van der Waals surface area (Å²) in [6.45, 7) is 3.42. The molecule has 0 saturated carbocycles. The van der Waals surface area contributed by atoms with Crippen LogP contribution in [-0.2, 0) is 19.1 Å². The van der Waals surface area contributed by atoms with E-state index in [2.05, 4.69) is 0 Å². The van der Waals surface area contributed by atoms with Crippen molar-refractivity contribution in [3.8, 4) is 0 Å². The fraction of sp³-hybridized carbons (Fsp3) is 0.636. The Bertz CT molecular complexity index is 348. The molecule has 5 heteroatoms. The van der Waals surface area contributed by atoms with Crippen molar-refractivity contribution >= 4 is 11.9 Å². The van der Waals surface area contributed by atoms with Crippen LogP contribution in [0.25, 0.3) is 0 Å². The van der Waals surface area contributed by atoms with Crippen LogP contribution in [0.15, 0.2) is 11.3 Å². The normalized spacial score (nSPS) is 20.3. The Hall–Kier alpha value is -1.52. The molecular weight excluding hydrogens is 210 g/mol. The van der Waals surface area contributed by atoms with Crippen LogP contribution >= 0.6 is 0 Å². The topological polar surface area (TPSA) is 55.8 Å². The van der Waals surface area contributed by atoms with Crippen LogP contribution < -0.4 is 0 Å². The van der Waals surface area contributed by atoms with Gasteiger partial charge in [-0.25, -0.2) is 4.79 Å². The Morgan fingerprint density at radius 1 is 1.56 bits per heavy atom. The van der Waals surface area contributed by atoms with E-state index in [0.29, 0.717) is 18.6 Å². The molecule has 5 nitrogen and oxygen atoms in total. The van der Waals surface area contributed by atoms with Crippen LogP contribution in [0.3, 0.4) is 0 Å². The Labute approximate surface area is 94.0 Å². The molecule has 0 spiro atoms. The molecule has 0 bridgehead atoms. The quantitative estimate of drug-likeness (QED) is 0.639. The maximum absolute atomic E-state index is 11.7. The van der Waals surface area contributed by atoms with Gasteiger partial charge < -0.3 is 14.4 Å². The third-order valence-corrected chi connectivity index (χ3v) is 2.80. The summed E-state index contributed by atoms with van der Waals surface area (Å²) < 4.78 is 9.95. The number of hydrogen-bond donors (Lipinski definition) is 0. The predicted molar refractivity (Wildman–Crippen MR) is 55.4 cm³/mol. The van der Waals surface area contributed by atoms with Gasteiger partial charge in [-0.1, -0.05) is 0 Å². The number of esters is 2. The summed E-state index contributed by atoms with van der Waals surface area (Å²) in [6.07, 6.45) is 1.59. The van der Waals surface area contributed by atoms with Gasteiger partial charge >= 0.3 is 11.9 Å². The van der Waals surface area contributed by atoms with Crippen LogP contribution in [0.2, 0.25) is 0 Å². The van der Waals surface area contributed by atoms with Crippen LogP contribution in [0.1, 0.15) is 19.8 Å². The Morgan fingerprint density at radius 2 is 2.38 bits per heavy atom. The van der Waals surface area contributed by atoms with Gasteiger partial charge in [0, 0.05) is 6.54 Å². The number of nitrogens with zero attached hydrogens (tertiary/aromatic N) is 1. The van der Waals surface area contributed by atoms with Crippen molar-refractivity contribution in [3.63, 3.8) is 0 Å². The highest BCUT2D eigenvalue weighted by Crippen LogP contribution is 2.25. The largest absolute Gasteiger partial charge is 0.463 e. The molecule has 0 aliphatic carbocycles. The lowest BCUT2D eigenvalue weighted by Gasteiger charge is -2.35. The van der Waals surface area contributed by atoms with Crippen LogP contribution in [0.4, 0.5) is 0 Å². The molecule has 2 heterocycles. The lowest BCUT2D eigenvalue weighted by Crippen LogP contribution is -2.42. The minimum absolute atomic E-state index is 0.201. The molecule has 2 aliphatic rings. The van der Waals surface area contributed by atoms with Crippen molar-refractivity contribution in [2.75, 3.05) is 26.3 Å². The molecular formula is C11H15NO4. The summed E-state index contributed by atoms with van der Waals surface area (Å²) in [5.41, 5.74) is 1.49. The fourth-order valence-corrected chi connectivity index (χ4v) is 2.06. The first-order chi connectivity index (χ1) is 7.72. The van der Waals surface area contributed by atoms with E-state index in [9.17, 15) is 9.59 Å². The summed E-state index contributed by atoms with van der Waals surface area (Å²) in [5.74, 6) is -0.506. The average Bonchev–Trinajstić information content (AvgIpc) is 2.28. The van der Waals surface area contributed by atoms with Gasteiger partial charge in [0.25, 0.3) is 0 Å². The lowest BCUT2D eigenvalue weighted by molar-refractivity contribution is -0.149. The smallest absolute Gasteiger partial charge is 0.335 e. The maximum atomic E-state index is 11.7. The molecule has 1 saturated heterocycles. The number of morpholine rings is 1. The molecule has 1 fully saturated rings. The van der Waals surface area contributed by atoms with Crippen LogP contribution in [-0.4, -0.2) is 43.1 Å². The molecule has 0 N–H and O–H groups in total. The number of carbonyl (C=O) groups is 2. The number of cyclic esters (lactones) is 1. The first-order valence-corrected chi connectivity index (χ1v) is 5.52. The summed E-state index contributed by atoms with van der Waals surface area (Å²) >= 11 is 0. The first kappa shape index (κ1) is 11.0. The summed E-state index contributed by atoms with van der Waals surface area (Å²) in [4.78, 5) is 24.7. The van der Waals surface area contributed by atoms with Gasteiger partial charge in [-0.05, 0) is 19.8 Å². The predicted octanol–water partition coefficient (Wildman–Crippen LogP) is 0.456. The van der Waals surface area contributed by atoms with Crippen molar-refractivity contribution in [1.82, 2.24) is 4.90 Å². The second-order valence-corrected chi connectivity index (χ2v) is 3.83. The Morgan fingerprint density at radius 3 is 3.12 bits per heavy atom. The molecule has 0 radical (unpaired) electrons. The zero-order valence-electron chi connectivity index (χ0n) is 9.32. The molecule has 0 aromatic rings. The van der Waals surface area contributed by atoms with Crippen molar-refractivity contribution in [1.29, 1.82) is 0 Å². The second-order valence-electron chi connectivity index (χ2n) is 3.83. The van der Waals surface area contributed by atoms with Crippen LogP contribution in [0, 0.1) is 0 Å². The van der Waals surface area contributed by atoms with Crippen molar-refractivity contribution in [2.24, 2.45) is 0 Å². The number of carbonyl (C=O) groups excluding carboxylic acids is 2. The molecule has 2 rings (SSSR count). The monoisotopic (exact) mass is 225 g/mol. The fourth-order valence-electron chi connectivity index (χ4n) is 2.06. The number of ether oxygens (including phenoxy) is 2. The summed E-state index contributed by atoms with van der Waals surface area (Å²) in [7, 11) is 0. The zero-order chi connectivity index (χ0) is 11.5. The van der Waals surface area contributed by atoms with E-state index in [1.54, 1.807) is 6.92 Å². The molecule has 16 heavy (non-hydrogen) atoms. The van der Waals surface area contributed by atoms with Gasteiger partial charge in [0.15, 0.2) is 0 Å². The molecule has 0 aromatic carbocycles. The third kappa shape index (κ3) is 2.03. The van der Waals surface area contributed by atoms with Crippen molar-refractivity contribution in [3.05, 3.63) is 11.3 Å². The number of hydrogen-bond acceptors (Lipinski definition) is 5. The average molecular weight is 225 g/mol. The van der Waals surface area contributed by atoms with Crippen LogP contribution in [0.5, 0.6) is 0 Å². The molecule has 88 valence electrons. The maximum Gasteiger partial charge on any atom is 0.335 e. The van der Waals surface area contributed by atoms with Gasteiger partial charge in [-0.2, -0.15) is 0 Å². The molecule has 2 aliphatic heterocycles. The van der Waals surface area contributed by atoms with Gasteiger partial charge in [0.05, 0.1) is 17.9 Å². The number of rotatable bonds is 2. The molecule has 0 atom stereocenters. The minimum atomic E-state index is -0.278. The van der Waals surface area contributed by atoms with E-state index >= 15 is 0 Å². The van der Waals surface area contributed by atoms with E-state index in [-0.39, 0.29) is 25.1 Å². The summed E-state index contributed by atoms with van der Waals surface area (Å²) in [6, 6.07) is 0. The van der Waals surface area contributed by atoms with E-state index < -0.39 is 0 Å². The van der Waals surface area contributed by atoms with E-state index in [0.717, 1.165) is 18.7 Å². The zero-order valence-corrected chi connectivity index (χ0v) is 9.32. The third-order valence-electron chi connectivity index (χ3n) is 2.80. The highest BCUT2D eigenvalue weighted by atomic mass is 16.5. The van der Waals surface area contributed by atoms with E-state index in [1.807, 2.05) is 4.90 Å². The minimum Gasteiger partial charge on any atom is -0.463 e. The van der Waals surface area contributed by atoms with Crippen molar-refractivity contribution in [2.45, 2.75) is 19.8 Å². The van der Waals surface area contributed by atoms with E-state index in [1.165, 1.54) is 0 Å². The highest BCUT2D eigenvalue weighted by Gasteiger charge is 2.30. The Kier molecular flexibility index (Phi) is 3.12. The van der Waals surface area contributed by atoms with Gasteiger partial charge in [0.1, 0.15) is 13.2 Å². The Balaban J connectivity index is 2.21. The summed E-state index contributed by atoms with van der Waals surface area (Å²) in [5, 5.41) is 0. The second kappa shape index (κ2) is 4.55. The van der Waals surface area contributed by atoms with Gasteiger partial charge in [-0.3, -0.25) is 4.79 Å². The van der Waals surface area contributed by atoms with Crippen molar-refractivity contribution < 1.29 is 19.1 Å². The molecule has 0 amide bonds.